The summed E-state index contributed by atoms with van der Waals surface area (Å²) in [6.07, 6.45) is 13.0. The van der Waals surface area contributed by atoms with Gasteiger partial charge in [0.2, 0.25) is 0 Å². The average molecular weight is 362 g/mol. The molecule has 0 saturated heterocycles. The molecule has 0 bridgehead atoms. The van der Waals surface area contributed by atoms with Crippen LogP contribution in [0.25, 0.3) is 6.08 Å². The van der Waals surface area contributed by atoms with E-state index in [1.165, 1.54) is 38.4 Å². The van der Waals surface area contributed by atoms with Gasteiger partial charge in [-0.25, -0.2) is 4.98 Å². The molecule has 0 radical (unpaired) electrons. The maximum atomic E-state index is 10.7. The summed E-state index contributed by atoms with van der Waals surface area (Å²) < 4.78 is 1.67. The van der Waals surface area contributed by atoms with E-state index in [4.69, 9.17) is 11.6 Å². The van der Waals surface area contributed by atoms with E-state index in [2.05, 4.69) is 23.1 Å². The molecule has 1 aromatic carbocycles. The molecule has 1 atom stereocenters. The van der Waals surface area contributed by atoms with Crippen molar-refractivity contribution in [3.05, 3.63) is 53.1 Å². The third-order valence-electron chi connectivity index (χ3n) is 4.30. The van der Waals surface area contributed by atoms with Crippen molar-refractivity contribution in [1.82, 2.24) is 14.8 Å². The Morgan fingerprint density at radius 3 is 2.56 bits per heavy atom. The summed E-state index contributed by atoms with van der Waals surface area (Å²) in [6.45, 7) is 2.66. The van der Waals surface area contributed by atoms with E-state index in [-0.39, 0.29) is 0 Å². The molecule has 136 valence electrons. The van der Waals surface area contributed by atoms with E-state index in [9.17, 15) is 5.11 Å². The molecule has 4 nitrogen and oxygen atoms in total. The minimum Gasteiger partial charge on any atom is -0.387 e. The molecule has 25 heavy (non-hydrogen) atoms. The topological polar surface area (TPSA) is 50.9 Å². The number of nitrogens with zero attached hydrogens (tertiary/aromatic N) is 3. The van der Waals surface area contributed by atoms with E-state index < -0.39 is 6.10 Å². The van der Waals surface area contributed by atoms with Gasteiger partial charge in [0.1, 0.15) is 12.7 Å². The van der Waals surface area contributed by atoms with Crippen LogP contribution in [-0.2, 0) is 6.54 Å². The van der Waals surface area contributed by atoms with Crippen LogP contribution in [0.5, 0.6) is 0 Å². The first-order valence-corrected chi connectivity index (χ1v) is 9.53. The summed E-state index contributed by atoms with van der Waals surface area (Å²) in [6, 6.07) is 7.71. The molecule has 0 aliphatic rings. The molecule has 0 aliphatic carbocycles. The SMILES string of the molecule is CCCCCCCCC(=Cc1ccc(Cl)cc1)C(O)Cn1cncn1. The van der Waals surface area contributed by atoms with Crippen molar-refractivity contribution in [2.75, 3.05) is 0 Å². The first-order valence-electron chi connectivity index (χ1n) is 9.15. The van der Waals surface area contributed by atoms with Gasteiger partial charge in [0.05, 0.1) is 12.6 Å². The Kier molecular flexibility index (Phi) is 8.70. The minimum absolute atomic E-state index is 0.426. The van der Waals surface area contributed by atoms with Gasteiger partial charge in [-0.3, -0.25) is 4.68 Å². The molecule has 0 spiro atoms. The maximum Gasteiger partial charge on any atom is 0.137 e. The standard InChI is InChI=1S/C20H28ClN3O/c1-2-3-4-5-6-7-8-18(13-17-9-11-19(21)12-10-17)20(25)14-24-16-22-15-23-24/h9-13,15-16,20,25H,2-8,14H2,1H3. The highest BCUT2D eigenvalue weighted by Gasteiger charge is 2.12. The van der Waals surface area contributed by atoms with Crippen molar-refractivity contribution in [2.24, 2.45) is 0 Å². The van der Waals surface area contributed by atoms with E-state index in [1.54, 1.807) is 11.0 Å². The van der Waals surface area contributed by atoms with Crippen LogP contribution in [0.2, 0.25) is 5.02 Å². The molecule has 0 saturated carbocycles. The molecule has 5 heteroatoms. The van der Waals surface area contributed by atoms with Gasteiger partial charge in [-0.1, -0.05) is 68.8 Å². The van der Waals surface area contributed by atoms with Crippen molar-refractivity contribution in [2.45, 2.75) is 64.5 Å². The lowest BCUT2D eigenvalue weighted by Crippen LogP contribution is -2.19. The molecule has 1 unspecified atom stereocenters. The van der Waals surface area contributed by atoms with Gasteiger partial charge in [0.25, 0.3) is 0 Å². The van der Waals surface area contributed by atoms with E-state index in [1.807, 2.05) is 24.3 Å². The molecule has 0 amide bonds. The number of aliphatic hydroxyl groups excluding tert-OH is 1. The summed E-state index contributed by atoms with van der Waals surface area (Å²) in [5.74, 6) is 0. The van der Waals surface area contributed by atoms with Gasteiger partial charge in [-0.05, 0) is 36.1 Å². The molecule has 0 fully saturated rings. The van der Waals surface area contributed by atoms with E-state index in [0.29, 0.717) is 6.54 Å². The molecule has 2 rings (SSSR count). The zero-order valence-electron chi connectivity index (χ0n) is 14.9. The van der Waals surface area contributed by atoms with Crippen LogP contribution in [0.4, 0.5) is 0 Å². The number of hydrogen-bond donors (Lipinski definition) is 1. The molecule has 2 aromatic rings. The number of benzene rings is 1. The van der Waals surface area contributed by atoms with E-state index >= 15 is 0 Å². The Morgan fingerprint density at radius 2 is 1.88 bits per heavy atom. The number of rotatable bonds is 11. The summed E-state index contributed by atoms with van der Waals surface area (Å²) in [5, 5.41) is 15.5. The predicted octanol–water partition coefficient (Wildman–Crippen LogP) is 5.13. The molecule has 1 aromatic heterocycles. The number of aromatic nitrogens is 3. The Balaban J connectivity index is 1.98. The Bertz CT molecular complexity index is 623. The lowest BCUT2D eigenvalue weighted by atomic mass is 9.98. The lowest BCUT2D eigenvalue weighted by Gasteiger charge is -2.15. The van der Waals surface area contributed by atoms with Crippen LogP contribution in [0.3, 0.4) is 0 Å². The smallest absolute Gasteiger partial charge is 0.137 e. The second-order valence-corrected chi connectivity index (χ2v) is 6.86. The first kappa shape index (κ1) is 19.7. The second kappa shape index (κ2) is 11.1. The lowest BCUT2D eigenvalue weighted by molar-refractivity contribution is 0.180. The average Bonchev–Trinajstić information content (AvgIpc) is 3.11. The zero-order valence-corrected chi connectivity index (χ0v) is 15.7. The van der Waals surface area contributed by atoms with Gasteiger partial charge >= 0.3 is 0 Å². The van der Waals surface area contributed by atoms with Crippen LogP contribution >= 0.6 is 11.6 Å². The summed E-state index contributed by atoms with van der Waals surface area (Å²) in [7, 11) is 0. The van der Waals surface area contributed by atoms with Gasteiger partial charge < -0.3 is 5.11 Å². The van der Waals surface area contributed by atoms with Gasteiger partial charge in [-0.2, -0.15) is 5.10 Å². The monoisotopic (exact) mass is 361 g/mol. The quantitative estimate of drug-likeness (QED) is 0.564. The number of hydrogen-bond acceptors (Lipinski definition) is 3. The van der Waals surface area contributed by atoms with Crippen molar-refractivity contribution < 1.29 is 5.11 Å². The fourth-order valence-corrected chi connectivity index (χ4v) is 2.96. The van der Waals surface area contributed by atoms with Gasteiger partial charge in [0, 0.05) is 5.02 Å². The summed E-state index contributed by atoms with van der Waals surface area (Å²) in [5.41, 5.74) is 2.09. The number of aliphatic hydroxyl groups is 1. The number of unbranched alkanes of at least 4 members (excludes halogenated alkanes) is 5. The Labute approximate surface area is 155 Å². The predicted molar refractivity (Wildman–Crippen MR) is 103 cm³/mol. The van der Waals surface area contributed by atoms with Crippen molar-refractivity contribution in [3.8, 4) is 0 Å². The first-order chi connectivity index (χ1) is 12.2. The highest BCUT2D eigenvalue weighted by Crippen LogP contribution is 2.20. The van der Waals surface area contributed by atoms with Crippen LogP contribution < -0.4 is 0 Å². The van der Waals surface area contributed by atoms with Crippen LogP contribution in [0, 0.1) is 0 Å². The molecular weight excluding hydrogens is 334 g/mol. The molecule has 1 N–H and O–H groups in total. The minimum atomic E-state index is -0.562. The fourth-order valence-electron chi connectivity index (χ4n) is 2.84. The third kappa shape index (κ3) is 7.41. The van der Waals surface area contributed by atoms with Crippen LogP contribution in [0.15, 0.2) is 42.5 Å². The Morgan fingerprint density at radius 1 is 1.16 bits per heavy atom. The van der Waals surface area contributed by atoms with E-state index in [0.717, 1.165) is 29.0 Å². The molecule has 1 heterocycles. The molecular formula is C20H28ClN3O. The van der Waals surface area contributed by atoms with Gasteiger partial charge in [-0.15, -0.1) is 0 Å². The largest absolute Gasteiger partial charge is 0.387 e. The Hall–Kier alpha value is -1.65. The van der Waals surface area contributed by atoms with Gasteiger partial charge in [0.15, 0.2) is 0 Å². The normalized spacial score (nSPS) is 13.2. The summed E-state index contributed by atoms with van der Waals surface area (Å²) >= 11 is 5.96. The van der Waals surface area contributed by atoms with Crippen LogP contribution in [0.1, 0.15) is 57.4 Å². The second-order valence-electron chi connectivity index (χ2n) is 6.42. The maximum absolute atomic E-state index is 10.7. The van der Waals surface area contributed by atoms with Crippen molar-refractivity contribution >= 4 is 17.7 Å². The fraction of sp³-hybridized carbons (Fsp3) is 0.500. The van der Waals surface area contributed by atoms with Crippen molar-refractivity contribution in [3.63, 3.8) is 0 Å². The van der Waals surface area contributed by atoms with Crippen LogP contribution in [-0.4, -0.2) is 26.0 Å². The van der Waals surface area contributed by atoms with Crippen molar-refractivity contribution in [1.29, 1.82) is 0 Å². The highest BCUT2D eigenvalue weighted by molar-refractivity contribution is 6.30. The zero-order chi connectivity index (χ0) is 17.9. The summed E-state index contributed by atoms with van der Waals surface area (Å²) in [4.78, 5) is 3.94. The highest BCUT2D eigenvalue weighted by atomic mass is 35.5. The third-order valence-corrected chi connectivity index (χ3v) is 4.55. The molecule has 0 aliphatic heterocycles. The number of halogens is 1.